The predicted molar refractivity (Wildman–Crippen MR) is 120 cm³/mol. The van der Waals surface area contributed by atoms with E-state index in [0.29, 0.717) is 22.2 Å². The van der Waals surface area contributed by atoms with E-state index in [4.69, 9.17) is 0 Å². The summed E-state index contributed by atoms with van der Waals surface area (Å²) in [4.78, 5) is 30.7. The van der Waals surface area contributed by atoms with Gasteiger partial charge in [0.15, 0.2) is 5.78 Å². The van der Waals surface area contributed by atoms with Crippen molar-refractivity contribution < 1.29 is 18.0 Å². The van der Waals surface area contributed by atoms with Crippen molar-refractivity contribution in [2.75, 3.05) is 0 Å². The molecule has 33 heavy (non-hydrogen) atoms. The van der Waals surface area contributed by atoms with Crippen molar-refractivity contribution in [2.24, 2.45) is 0 Å². The first-order chi connectivity index (χ1) is 15.8. The van der Waals surface area contributed by atoms with Gasteiger partial charge in [-0.3, -0.25) is 14.2 Å². The number of alkyl halides is 3. The van der Waals surface area contributed by atoms with Gasteiger partial charge < -0.3 is 0 Å². The lowest BCUT2D eigenvalue weighted by Gasteiger charge is -2.20. The van der Waals surface area contributed by atoms with Crippen molar-refractivity contribution in [1.29, 1.82) is 0 Å². The molecule has 1 aromatic heterocycles. The summed E-state index contributed by atoms with van der Waals surface area (Å²) >= 11 is 0. The Balaban J connectivity index is 1.82. The molecule has 0 spiro atoms. The number of halogens is 3. The third-order valence-corrected chi connectivity index (χ3v) is 5.46. The van der Waals surface area contributed by atoms with E-state index in [0.717, 1.165) is 0 Å². The molecule has 0 amide bonds. The fraction of sp³-hybridized carbons (Fsp3) is 0.192. The minimum atomic E-state index is -4.48. The average Bonchev–Trinajstić information content (AvgIpc) is 2.80. The number of ketones is 1. The fourth-order valence-corrected chi connectivity index (χ4v) is 3.94. The van der Waals surface area contributed by atoms with Crippen molar-refractivity contribution in [3.05, 3.63) is 112 Å². The van der Waals surface area contributed by atoms with E-state index in [1.807, 2.05) is 0 Å². The minimum absolute atomic E-state index is 0.00750. The summed E-state index contributed by atoms with van der Waals surface area (Å²) in [5.41, 5.74) is 1.00. The maximum Gasteiger partial charge on any atom is 0.389 e. The summed E-state index contributed by atoms with van der Waals surface area (Å²) in [6.07, 6.45) is -5.66. The van der Waals surface area contributed by atoms with Gasteiger partial charge in [0, 0.05) is 11.5 Å². The number of para-hydroxylation sites is 2. The first kappa shape index (κ1) is 22.5. The van der Waals surface area contributed by atoms with E-state index in [1.54, 1.807) is 84.9 Å². The van der Waals surface area contributed by atoms with Crippen LogP contribution in [0.1, 0.15) is 34.0 Å². The Labute approximate surface area is 188 Å². The van der Waals surface area contributed by atoms with Crippen molar-refractivity contribution in [3.63, 3.8) is 0 Å². The highest BCUT2D eigenvalue weighted by Gasteiger charge is 2.35. The molecule has 4 rings (SSSR count). The maximum absolute atomic E-state index is 13.5. The molecule has 0 saturated heterocycles. The van der Waals surface area contributed by atoms with E-state index in [1.165, 1.54) is 4.57 Å². The average molecular weight is 450 g/mol. The smallest absolute Gasteiger partial charge is 0.297 e. The summed E-state index contributed by atoms with van der Waals surface area (Å²) in [5.74, 6) is -1.49. The number of aromatic nitrogens is 2. The van der Waals surface area contributed by atoms with Gasteiger partial charge in [0.2, 0.25) is 0 Å². The normalized spacial score (nSPS) is 12.6. The molecule has 4 aromatic rings. The van der Waals surface area contributed by atoms with E-state index < -0.39 is 24.1 Å². The third kappa shape index (κ3) is 5.37. The zero-order valence-electron chi connectivity index (χ0n) is 17.6. The Bertz CT molecular complexity index is 1320. The number of Topliss-reactive ketones (excluding diaryl/α,β-unsaturated/α-hetero) is 1. The Morgan fingerprint density at radius 2 is 1.48 bits per heavy atom. The quantitative estimate of drug-likeness (QED) is 0.347. The molecule has 168 valence electrons. The van der Waals surface area contributed by atoms with Gasteiger partial charge >= 0.3 is 6.18 Å². The summed E-state index contributed by atoms with van der Waals surface area (Å²) in [6, 6.07) is 23.9. The zero-order valence-corrected chi connectivity index (χ0v) is 17.6. The van der Waals surface area contributed by atoms with Crippen LogP contribution in [0.3, 0.4) is 0 Å². The van der Waals surface area contributed by atoms with Gasteiger partial charge in [-0.1, -0.05) is 72.8 Å². The van der Waals surface area contributed by atoms with Crippen molar-refractivity contribution >= 4 is 16.8 Å². The standard InChI is InChI=1S/C26H21F3N2O2/c27-26(28,29)16-20(15-18-9-3-1-4-10-18)24-25(33)31(22-14-8-7-13-21(22)30-24)17-23(32)19-11-5-2-6-12-19/h1-14,20H,15-17H2. The number of hydrogen-bond donors (Lipinski definition) is 0. The highest BCUT2D eigenvalue weighted by atomic mass is 19.4. The number of nitrogens with zero attached hydrogens (tertiary/aromatic N) is 2. The lowest BCUT2D eigenvalue weighted by Crippen LogP contribution is -2.32. The molecule has 0 aliphatic carbocycles. The van der Waals surface area contributed by atoms with Crippen LogP contribution in [0, 0.1) is 0 Å². The minimum Gasteiger partial charge on any atom is -0.297 e. The molecule has 1 atom stereocenters. The summed E-state index contributed by atoms with van der Waals surface area (Å²) in [6.45, 7) is -0.289. The topological polar surface area (TPSA) is 52.0 Å². The van der Waals surface area contributed by atoms with Crippen LogP contribution in [0.2, 0.25) is 0 Å². The molecule has 0 aliphatic heterocycles. The van der Waals surface area contributed by atoms with Gasteiger partial charge in [0.05, 0.1) is 24.0 Å². The molecule has 0 N–H and O–H groups in total. The number of rotatable bonds is 7. The first-order valence-corrected chi connectivity index (χ1v) is 10.5. The Morgan fingerprint density at radius 1 is 0.879 bits per heavy atom. The van der Waals surface area contributed by atoms with E-state index in [-0.39, 0.29) is 24.4 Å². The molecule has 0 fully saturated rings. The summed E-state index contributed by atoms with van der Waals surface area (Å²) in [5, 5.41) is 0. The van der Waals surface area contributed by atoms with Crippen LogP contribution < -0.4 is 5.56 Å². The van der Waals surface area contributed by atoms with Crippen LogP contribution >= 0.6 is 0 Å². The van der Waals surface area contributed by atoms with Crippen LogP contribution in [-0.2, 0) is 13.0 Å². The first-order valence-electron chi connectivity index (χ1n) is 10.5. The van der Waals surface area contributed by atoms with Gasteiger partial charge in [-0.2, -0.15) is 13.2 Å². The van der Waals surface area contributed by atoms with Crippen LogP contribution in [0.5, 0.6) is 0 Å². The van der Waals surface area contributed by atoms with Crippen LogP contribution in [0.4, 0.5) is 13.2 Å². The number of carbonyl (C=O) groups excluding carboxylic acids is 1. The molecular weight excluding hydrogens is 429 g/mol. The molecule has 1 heterocycles. The van der Waals surface area contributed by atoms with E-state index in [9.17, 15) is 22.8 Å². The number of fused-ring (bicyclic) bond motifs is 1. The lowest BCUT2D eigenvalue weighted by atomic mass is 9.92. The molecule has 1 unspecified atom stereocenters. The van der Waals surface area contributed by atoms with Crippen molar-refractivity contribution in [1.82, 2.24) is 9.55 Å². The van der Waals surface area contributed by atoms with Gasteiger partial charge in [0.1, 0.15) is 5.69 Å². The lowest BCUT2D eigenvalue weighted by molar-refractivity contribution is -0.139. The van der Waals surface area contributed by atoms with Gasteiger partial charge in [-0.15, -0.1) is 0 Å². The van der Waals surface area contributed by atoms with Crippen LogP contribution in [0.25, 0.3) is 11.0 Å². The molecule has 4 nitrogen and oxygen atoms in total. The van der Waals surface area contributed by atoms with E-state index >= 15 is 0 Å². The largest absolute Gasteiger partial charge is 0.389 e. The molecule has 0 radical (unpaired) electrons. The van der Waals surface area contributed by atoms with Crippen LogP contribution in [-0.4, -0.2) is 21.5 Å². The van der Waals surface area contributed by atoms with Gasteiger partial charge in [-0.25, -0.2) is 4.98 Å². The highest BCUT2D eigenvalue weighted by Crippen LogP contribution is 2.32. The molecular formula is C26H21F3N2O2. The second kappa shape index (κ2) is 9.40. The van der Waals surface area contributed by atoms with Gasteiger partial charge in [0.25, 0.3) is 5.56 Å². The Hall–Kier alpha value is -3.74. The van der Waals surface area contributed by atoms with E-state index in [2.05, 4.69) is 4.98 Å². The molecule has 0 saturated carbocycles. The maximum atomic E-state index is 13.5. The second-order valence-corrected chi connectivity index (χ2v) is 7.87. The number of carbonyl (C=O) groups is 1. The SMILES string of the molecule is O=C(Cn1c(=O)c(C(Cc2ccccc2)CC(F)(F)F)nc2ccccc21)c1ccccc1. The number of hydrogen-bond acceptors (Lipinski definition) is 3. The summed E-state index contributed by atoms with van der Waals surface area (Å²) in [7, 11) is 0. The monoisotopic (exact) mass is 450 g/mol. The fourth-order valence-electron chi connectivity index (χ4n) is 3.94. The van der Waals surface area contributed by atoms with Crippen molar-refractivity contribution in [3.8, 4) is 0 Å². The van der Waals surface area contributed by atoms with Crippen molar-refractivity contribution in [2.45, 2.75) is 31.5 Å². The van der Waals surface area contributed by atoms with Gasteiger partial charge in [-0.05, 0) is 24.1 Å². The van der Waals surface area contributed by atoms with Crippen LogP contribution in [0.15, 0.2) is 89.7 Å². The zero-order chi connectivity index (χ0) is 23.4. The third-order valence-electron chi connectivity index (χ3n) is 5.46. The molecule has 3 aromatic carbocycles. The highest BCUT2D eigenvalue weighted by molar-refractivity contribution is 5.96. The molecule has 7 heteroatoms. The second-order valence-electron chi connectivity index (χ2n) is 7.87. The Morgan fingerprint density at radius 3 is 2.15 bits per heavy atom. The number of benzene rings is 3. The predicted octanol–water partition coefficient (Wildman–Crippen LogP) is 5.56. The molecule has 0 bridgehead atoms. The summed E-state index contributed by atoms with van der Waals surface area (Å²) < 4.78 is 41.7. The Kier molecular flexibility index (Phi) is 6.40. The molecule has 0 aliphatic rings.